The summed E-state index contributed by atoms with van der Waals surface area (Å²) in [6.07, 6.45) is 2.63. The molecule has 0 fully saturated rings. The van der Waals surface area contributed by atoms with E-state index >= 15 is 0 Å². The maximum Gasteiger partial charge on any atom is 0.238 e. The van der Waals surface area contributed by atoms with Gasteiger partial charge in [-0.15, -0.1) is 0 Å². The molecular formula is C13H12BrNO3S. The lowest BCUT2D eigenvalue weighted by molar-refractivity contribution is 0.444. The zero-order valence-corrected chi connectivity index (χ0v) is 12.8. The number of rotatable bonds is 3. The van der Waals surface area contributed by atoms with Crippen molar-refractivity contribution in [2.75, 3.05) is 6.26 Å². The quantitative estimate of drug-likeness (QED) is 0.858. The molecule has 2 rings (SSSR count). The molecule has 1 aromatic heterocycles. The molecule has 0 aliphatic carbocycles. The van der Waals surface area contributed by atoms with Crippen molar-refractivity contribution in [3.8, 4) is 11.6 Å². The van der Waals surface area contributed by atoms with Crippen molar-refractivity contribution in [3.05, 3.63) is 46.6 Å². The zero-order valence-electron chi connectivity index (χ0n) is 10.4. The van der Waals surface area contributed by atoms with Crippen LogP contribution in [-0.2, 0) is 9.84 Å². The van der Waals surface area contributed by atoms with E-state index in [0.717, 1.165) is 16.3 Å². The van der Waals surface area contributed by atoms with Crippen LogP contribution in [0.15, 0.2) is 45.9 Å². The summed E-state index contributed by atoms with van der Waals surface area (Å²) in [6.45, 7) is 1.88. The van der Waals surface area contributed by atoms with E-state index in [9.17, 15) is 8.42 Å². The van der Waals surface area contributed by atoms with Gasteiger partial charge < -0.3 is 4.74 Å². The van der Waals surface area contributed by atoms with Crippen LogP contribution in [0.2, 0.25) is 0 Å². The Morgan fingerprint density at radius 1 is 1.26 bits per heavy atom. The van der Waals surface area contributed by atoms with Gasteiger partial charge in [-0.1, -0.05) is 22.0 Å². The fraction of sp³-hybridized carbons (Fsp3) is 0.154. The zero-order chi connectivity index (χ0) is 14.0. The number of hydrogen-bond donors (Lipinski definition) is 0. The minimum absolute atomic E-state index is 0.0781. The molecule has 0 bridgehead atoms. The molecule has 0 saturated carbocycles. The number of benzene rings is 1. The van der Waals surface area contributed by atoms with Crippen LogP contribution in [0.25, 0.3) is 0 Å². The minimum atomic E-state index is -3.38. The molecule has 0 atom stereocenters. The van der Waals surface area contributed by atoms with Crippen molar-refractivity contribution >= 4 is 25.8 Å². The van der Waals surface area contributed by atoms with Gasteiger partial charge >= 0.3 is 0 Å². The third kappa shape index (κ3) is 3.33. The lowest BCUT2D eigenvalue weighted by Crippen LogP contribution is -2.02. The summed E-state index contributed by atoms with van der Waals surface area (Å²) in [7, 11) is -3.38. The van der Waals surface area contributed by atoms with E-state index in [4.69, 9.17) is 4.74 Å². The largest absolute Gasteiger partial charge is 0.437 e. The van der Waals surface area contributed by atoms with Gasteiger partial charge in [0.1, 0.15) is 10.6 Å². The second-order valence-electron chi connectivity index (χ2n) is 4.09. The Labute approximate surface area is 120 Å². The summed E-state index contributed by atoms with van der Waals surface area (Å²) in [5.74, 6) is 0.657. The molecule has 0 unspecified atom stereocenters. The third-order valence-corrected chi connectivity index (χ3v) is 4.10. The van der Waals surface area contributed by atoms with Crippen LogP contribution in [0.4, 0.5) is 0 Å². The van der Waals surface area contributed by atoms with Crippen LogP contribution in [0, 0.1) is 6.92 Å². The van der Waals surface area contributed by atoms with Crippen molar-refractivity contribution in [1.82, 2.24) is 4.98 Å². The minimum Gasteiger partial charge on any atom is -0.437 e. The molecule has 0 aliphatic rings. The lowest BCUT2D eigenvalue weighted by atomic mass is 10.2. The first-order chi connectivity index (χ1) is 8.88. The average Bonchev–Trinajstić information content (AvgIpc) is 2.33. The predicted molar refractivity (Wildman–Crippen MR) is 76.3 cm³/mol. The van der Waals surface area contributed by atoms with Gasteiger partial charge in [0, 0.05) is 16.9 Å². The molecule has 6 heteroatoms. The lowest BCUT2D eigenvalue weighted by Gasteiger charge is -2.10. The second-order valence-corrected chi connectivity index (χ2v) is 6.99. The van der Waals surface area contributed by atoms with E-state index in [2.05, 4.69) is 20.9 Å². The number of aromatic nitrogens is 1. The van der Waals surface area contributed by atoms with E-state index in [-0.39, 0.29) is 10.8 Å². The maximum atomic E-state index is 11.7. The standard InChI is InChI=1S/C13H12BrNO3S/c1-9-5-6-10(14)8-11(9)18-13-12(19(2,16)17)4-3-7-15-13/h3-8H,1-2H3. The fourth-order valence-corrected chi connectivity index (χ4v) is 2.60. The Kier molecular flexibility index (Phi) is 3.91. The first kappa shape index (κ1) is 14.0. The highest BCUT2D eigenvalue weighted by molar-refractivity contribution is 9.10. The Morgan fingerprint density at radius 3 is 2.68 bits per heavy atom. The number of nitrogens with zero attached hydrogens (tertiary/aromatic N) is 1. The molecule has 0 amide bonds. The Morgan fingerprint density at radius 2 is 2.00 bits per heavy atom. The SMILES string of the molecule is Cc1ccc(Br)cc1Oc1ncccc1S(C)(=O)=O. The van der Waals surface area contributed by atoms with Crippen LogP contribution in [0.1, 0.15) is 5.56 Å². The van der Waals surface area contributed by atoms with Crippen LogP contribution >= 0.6 is 15.9 Å². The summed E-state index contributed by atoms with van der Waals surface area (Å²) in [5, 5.41) is 0. The van der Waals surface area contributed by atoms with Gasteiger partial charge in [-0.3, -0.25) is 0 Å². The van der Waals surface area contributed by atoms with Crippen LogP contribution in [0.3, 0.4) is 0 Å². The Bertz CT molecular complexity index is 714. The average molecular weight is 342 g/mol. The number of aryl methyl sites for hydroxylation is 1. The third-order valence-electron chi connectivity index (χ3n) is 2.49. The Hall–Kier alpha value is -1.40. The first-order valence-electron chi connectivity index (χ1n) is 5.47. The summed E-state index contributed by atoms with van der Waals surface area (Å²) >= 11 is 3.35. The van der Waals surface area contributed by atoms with Crippen molar-refractivity contribution in [2.24, 2.45) is 0 Å². The molecule has 100 valence electrons. The van der Waals surface area contributed by atoms with E-state index in [1.807, 2.05) is 19.1 Å². The fourth-order valence-electron chi connectivity index (χ4n) is 1.52. The molecule has 19 heavy (non-hydrogen) atoms. The maximum absolute atomic E-state index is 11.7. The monoisotopic (exact) mass is 341 g/mol. The summed E-state index contributed by atoms with van der Waals surface area (Å²) in [5.41, 5.74) is 0.897. The van der Waals surface area contributed by atoms with Crippen molar-refractivity contribution < 1.29 is 13.2 Å². The van der Waals surface area contributed by atoms with Crippen LogP contribution < -0.4 is 4.74 Å². The van der Waals surface area contributed by atoms with Gasteiger partial charge in [0.25, 0.3) is 0 Å². The molecular weight excluding hydrogens is 330 g/mol. The number of hydrogen-bond acceptors (Lipinski definition) is 4. The highest BCUT2D eigenvalue weighted by Crippen LogP contribution is 2.30. The first-order valence-corrected chi connectivity index (χ1v) is 8.15. The normalized spacial score (nSPS) is 11.3. The number of halogens is 1. The number of pyridine rings is 1. The molecule has 4 nitrogen and oxygen atoms in total. The van der Waals surface area contributed by atoms with Gasteiger partial charge in [0.2, 0.25) is 5.88 Å². The van der Waals surface area contributed by atoms with Crippen LogP contribution in [-0.4, -0.2) is 19.7 Å². The number of sulfone groups is 1. The van der Waals surface area contributed by atoms with Gasteiger partial charge in [0.15, 0.2) is 9.84 Å². The molecule has 1 aromatic carbocycles. The summed E-state index contributed by atoms with van der Waals surface area (Å²) in [6, 6.07) is 8.58. The van der Waals surface area contributed by atoms with E-state index in [1.54, 1.807) is 12.1 Å². The van der Waals surface area contributed by atoms with Gasteiger partial charge in [-0.2, -0.15) is 0 Å². The molecule has 0 radical (unpaired) electrons. The van der Waals surface area contributed by atoms with Gasteiger partial charge in [-0.25, -0.2) is 13.4 Å². The molecule has 0 spiro atoms. The predicted octanol–water partition coefficient (Wildman–Crippen LogP) is 3.35. The van der Waals surface area contributed by atoms with Crippen molar-refractivity contribution in [1.29, 1.82) is 0 Å². The summed E-state index contributed by atoms with van der Waals surface area (Å²) in [4.78, 5) is 4.07. The molecule has 0 aliphatic heterocycles. The molecule has 0 N–H and O–H groups in total. The molecule has 0 saturated heterocycles. The van der Waals surface area contributed by atoms with Crippen molar-refractivity contribution in [3.63, 3.8) is 0 Å². The number of ether oxygens (including phenoxy) is 1. The summed E-state index contributed by atoms with van der Waals surface area (Å²) < 4.78 is 29.8. The Balaban J connectivity index is 2.47. The highest BCUT2D eigenvalue weighted by Gasteiger charge is 2.16. The van der Waals surface area contributed by atoms with Gasteiger partial charge in [-0.05, 0) is 36.8 Å². The highest BCUT2D eigenvalue weighted by atomic mass is 79.9. The molecule has 2 aromatic rings. The van der Waals surface area contributed by atoms with E-state index < -0.39 is 9.84 Å². The topological polar surface area (TPSA) is 56.3 Å². The molecule has 1 heterocycles. The van der Waals surface area contributed by atoms with E-state index in [0.29, 0.717) is 5.75 Å². The van der Waals surface area contributed by atoms with Crippen LogP contribution in [0.5, 0.6) is 11.6 Å². The van der Waals surface area contributed by atoms with Crippen molar-refractivity contribution in [2.45, 2.75) is 11.8 Å². The smallest absolute Gasteiger partial charge is 0.238 e. The van der Waals surface area contributed by atoms with Gasteiger partial charge in [0.05, 0.1) is 0 Å². The van der Waals surface area contributed by atoms with E-state index in [1.165, 1.54) is 12.3 Å². The second kappa shape index (κ2) is 5.30.